The number of hydrogen-bond donors (Lipinski definition) is 2. The molecule has 1 atom stereocenters. The van der Waals surface area contributed by atoms with Crippen molar-refractivity contribution in [2.75, 3.05) is 11.9 Å². The Morgan fingerprint density at radius 2 is 2.39 bits per heavy atom. The first-order chi connectivity index (χ1) is 8.62. The summed E-state index contributed by atoms with van der Waals surface area (Å²) < 4.78 is 2.70. The first-order valence-electron chi connectivity index (χ1n) is 6.11. The van der Waals surface area contributed by atoms with E-state index in [0.717, 1.165) is 10.1 Å². The molecule has 2 heterocycles. The zero-order valence-electron chi connectivity index (χ0n) is 10.2. The van der Waals surface area contributed by atoms with Gasteiger partial charge in [-0.15, -0.1) is 5.10 Å². The lowest BCUT2D eigenvalue weighted by atomic mass is 9.96. The van der Waals surface area contributed by atoms with Crippen molar-refractivity contribution in [3.05, 3.63) is 22.8 Å². The number of halogens is 1. The van der Waals surface area contributed by atoms with Crippen LogP contribution < -0.4 is 11.1 Å². The molecular formula is C12H16BrN5. The molecule has 3 rings (SSSR count). The number of rotatable bonds is 4. The third kappa shape index (κ3) is 1.99. The molecule has 0 amide bonds. The molecule has 5 nitrogen and oxygen atoms in total. The molecule has 0 radical (unpaired) electrons. The topological polar surface area (TPSA) is 68.2 Å². The van der Waals surface area contributed by atoms with Crippen LogP contribution in [0.15, 0.2) is 22.8 Å². The first-order valence-corrected chi connectivity index (χ1v) is 6.91. The first kappa shape index (κ1) is 11.9. The van der Waals surface area contributed by atoms with Crippen LogP contribution in [0.25, 0.3) is 5.65 Å². The number of pyridine rings is 1. The largest absolute Gasteiger partial charge is 0.346 e. The van der Waals surface area contributed by atoms with Crippen LogP contribution in [0.3, 0.4) is 0 Å². The molecule has 1 fully saturated rings. The van der Waals surface area contributed by atoms with Crippen LogP contribution in [-0.4, -0.2) is 26.7 Å². The van der Waals surface area contributed by atoms with Crippen molar-refractivity contribution in [2.24, 2.45) is 11.7 Å². The summed E-state index contributed by atoms with van der Waals surface area (Å²) in [5.74, 6) is 1.28. The zero-order chi connectivity index (χ0) is 12.8. The van der Waals surface area contributed by atoms with Crippen LogP contribution >= 0.6 is 15.9 Å². The maximum Gasteiger partial charge on any atom is 0.243 e. The lowest BCUT2D eigenvalue weighted by Crippen LogP contribution is -2.45. The second-order valence-electron chi connectivity index (χ2n) is 5.08. The standard InChI is InChI=1S/C12H16BrN5/c1-12(7-14,8-4-5-8)16-11-15-10-9(13)3-2-6-18(10)17-11/h2-3,6,8H,4-5,7,14H2,1H3,(H,16,17). The molecule has 0 aliphatic heterocycles. The Bertz CT molecular complexity index is 577. The smallest absolute Gasteiger partial charge is 0.243 e. The van der Waals surface area contributed by atoms with Gasteiger partial charge in [0, 0.05) is 12.7 Å². The molecule has 1 unspecified atom stereocenters. The molecule has 18 heavy (non-hydrogen) atoms. The maximum atomic E-state index is 5.89. The molecule has 96 valence electrons. The molecular weight excluding hydrogens is 294 g/mol. The van der Waals surface area contributed by atoms with Gasteiger partial charge in [-0.25, -0.2) is 4.52 Å². The van der Waals surface area contributed by atoms with Crippen LogP contribution in [0.2, 0.25) is 0 Å². The Labute approximate surface area is 114 Å². The summed E-state index contributed by atoms with van der Waals surface area (Å²) in [5, 5.41) is 7.82. The lowest BCUT2D eigenvalue weighted by molar-refractivity contribution is 0.456. The minimum atomic E-state index is -0.0998. The highest BCUT2D eigenvalue weighted by Crippen LogP contribution is 2.40. The molecule has 0 aromatic carbocycles. The minimum absolute atomic E-state index is 0.0998. The highest BCUT2D eigenvalue weighted by atomic mass is 79.9. The number of hydrogen-bond acceptors (Lipinski definition) is 4. The number of nitrogens with one attached hydrogen (secondary N) is 1. The molecule has 2 aromatic rings. The molecule has 0 bridgehead atoms. The van der Waals surface area contributed by atoms with E-state index in [4.69, 9.17) is 5.73 Å². The van der Waals surface area contributed by atoms with Crippen LogP contribution in [0, 0.1) is 5.92 Å². The Hall–Kier alpha value is -1.14. The Morgan fingerprint density at radius 3 is 3.00 bits per heavy atom. The monoisotopic (exact) mass is 309 g/mol. The normalized spacial score (nSPS) is 18.8. The highest BCUT2D eigenvalue weighted by molar-refractivity contribution is 9.10. The van der Waals surface area contributed by atoms with E-state index in [9.17, 15) is 0 Å². The summed E-state index contributed by atoms with van der Waals surface area (Å²) in [6.07, 6.45) is 4.35. The van der Waals surface area contributed by atoms with E-state index >= 15 is 0 Å². The van der Waals surface area contributed by atoms with E-state index in [0.29, 0.717) is 18.4 Å². The van der Waals surface area contributed by atoms with Gasteiger partial charge in [0.15, 0.2) is 5.65 Å². The van der Waals surface area contributed by atoms with Crippen molar-refractivity contribution >= 4 is 27.5 Å². The van der Waals surface area contributed by atoms with Crippen LogP contribution in [-0.2, 0) is 0 Å². The Morgan fingerprint density at radius 1 is 1.61 bits per heavy atom. The van der Waals surface area contributed by atoms with E-state index in [1.807, 2.05) is 18.3 Å². The molecule has 0 spiro atoms. The van der Waals surface area contributed by atoms with Crippen molar-refractivity contribution in [3.8, 4) is 0 Å². The summed E-state index contributed by atoms with van der Waals surface area (Å²) in [7, 11) is 0. The zero-order valence-corrected chi connectivity index (χ0v) is 11.8. The van der Waals surface area contributed by atoms with Gasteiger partial charge >= 0.3 is 0 Å². The number of aromatic nitrogens is 3. The van der Waals surface area contributed by atoms with Gasteiger partial charge in [0.2, 0.25) is 5.95 Å². The van der Waals surface area contributed by atoms with Gasteiger partial charge in [-0.2, -0.15) is 4.98 Å². The van der Waals surface area contributed by atoms with E-state index < -0.39 is 0 Å². The molecule has 1 aliphatic rings. The molecule has 1 saturated carbocycles. The van der Waals surface area contributed by atoms with Crippen molar-refractivity contribution in [3.63, 3.8) is 0 Å². The van der Waals surface area contributed by atoms with Gasteiger partial charge in [0.05, 0.1) is 10.0 Å². The maximum absolute atomic E-state index is 5.89. The van der Waals surface area contributed by atoms with Gasteiger partial charge in [-0.05, 0) is 53.7 Å². The number of nitrogens with two attached hydrogens (primary N) is 1. The molecule has 3 N–H and O–H groups in total. The molecule has 0 saturated heterocycles. The second kappa shape index (κ2) is 4.20. The van der Waals surface area contributed by atoms with Crippen molar-refractivity contribution in [1.82, 2.24) is 14.6 Å². The third-order valence-electron chi connectivity index (χ3n) is 3.61. The van der Waals surface area contributed by atoms with Gasteiger partial charge in [0.1, 0.15) is 0 Å². The quantitative estimate of drug-likeness (QED) is 0.907. The van der Waals surface area contributed by atoms with Crippen LogP contribution in [0.1, 0.15) is 19.8 Å². The molecule has 1 aliphatic carbocycles. The highest BCUT2D eigenvalue weighted by Gasteiger charge is 2.41. The van der Waals surface area contributed by atoms with Gasteiger partial charge < -0.3 is 11.1 Å². The van der Waals surface area contributed by atoms with Crippen molar-refractivity contribution in [2.45, 2.75) is 25.3 Å². The van der Waals surface area contributed by atoms with Crippen molar-refractivity contribution in [1.29, 1.82) is 0 Å². The summed E-state index contributed by atoms with van der Waals surface area (Å²) in [4.78, 5) is 4.49. The summed E-state index contributed by atoms with van der Waals surface area (Å²) in [6.45, 7) is 2.74. The van der Waals surface area contributed by atoms with Crippen LogP contribution in [0.4, 0.5) is 5.95 Å². The number of anilines is 1. The fourth-order valence-corrected chi connectivity index (χ4v) is 2.65. The van der Waals surface area contributed by atoms with E-state index in [1.165, 1.54) is 12.8 Å². The Balaban J connectivity index is 1.92. The summed E-state index contributed by atoms with van der Waals surface area (Å²) in [6, 6.07) is 3.88. The summed E-state index contributed by atoms with van der Waals surface area (Å²) >= 11 is 3.47. The number of nitrogens with zero attached hydrogens (tertiary/aromatic N) is 3. The SMILES string of the molecule is CC(CN)(Nc1nc2c(Br)cccn2n1)C1CC1. The molecule has 6 heteroatoms. The predicted octanol–water partition coefficient (Wildman–Crippen LogP) is 2.03. The third-order valence-corrected chi connectivity index (χ3v) is 4.23. The fraction of sp³-hybridized carbons (Fsp3) is 0.500. The van der Waals surface area contributed by atoms with Crippen molar-refractivity contribution < 1.29 is 0 Å². The Kier molecular flexibility index (Phi) is 2.79. The average molecular weight is 310 g/mol. The predicted molar refractivity (Wildman–Crippen MR) is 74.5 cm³/mol. The molecule has 2 aromatic heterocycles. The summed E-state index contributed by atoms with van der Waals surface area (Å²) in [5.41, 5.74) is 6.60. The van der Waals surface area contributed by atoms with E-state index in [1.54, 1.807) is 4.52 Å². The number of fused-ring (bicyclic) bond motifs is 1. The minimum Gasteiger partial charge on any atom is -0.346 e. The fourth-order valence-electron chi connectivity index (χ4n) is 2.22. The van der Waals surface area contributed by atoms with Gasteiger partial charge in [-0.1, -0.05) is 0 Å². The van der Waals surface area contributed by atoms with Gasteiger partial charge in [0.25, 0.3) is 0 Å². The van der Waals surface area contributed by atoms with E-state index in [-0.39, 0.29) is 5.54 Å². The van der Waals surface area contributed by atoms with Gasteiger partial charge in [-0.3, -0.25) is 0 Å². The van der Waals surface area contributed by atoms with Crippen LogP contribution in [0.5, 0.6) is 0 Å². The van der Waals surface area contributed by atoms with E-state index in [2.05, 4.69) is 38.3 Å². The lowest BCUT2D eigenvalue weighted by Gasteiger charge is -2.28. The second-order valence-corrected chi connectivity index (χ2v) is 5.93. The average Bonchev–Trinajstić information content (AvgIpc) is 3.12.